The number of fused-ring (bicyclic) bond motifs is 1. The van der Waals surface area contributed by atoms with Crippen LogP contribution >= 0.6 is 0 Å². The van der Waals surface area contributed by atoms with Gasteiger partial charge in [-0.3, -0.25) is 4.57 Å². The lowest BCUT2D eigenvalue weighted by molar-refractivity contribution is 0.313. The summed E-state index contributed by atoms with van der Waals surface area (Å²) >= 11 is 0. The smallest absolute Gasteiger partial charge is 0.209 e. The van der Waals surface area contributed by atoms with Crippen LogP contribution in [0, 0.1) is 5.92 Å². The van der Waals surface area contributed by atoms with Crippen molar-refractivity contribution in [2.75, 3.05) is 54.1 Å². The number of hydrogen-bond acceptors (Lipinski definition) is 7. The van der Waals surface area contributed by atoms with Gasteiger partial charge in [0.05, 0.1) is 6.21 Å². The van der Waals surface area contributed by atoms with Gasteiger partial charge < -0.3 is 25.8 Å². The molecule has 0 radical (unpaired) electrons. The zero-order valence-corrected chi connectivity index (χ0v) is 21.7. The average molecular weight is 499 g/mol. The number of hydrogen-bond donors (Lipinski definition) is 3. The Morgan fingerprint density at radius 1 is 0.892 bits per heavy atom. The number of benzene rings is 2. The van der Waals surface area contributed by atoms with E-state index in [9.17, 15) is 0 Å². The summed E-state index contributed by atoms with van der Waals surface area (Å²) in [5.41, 5.74) is 4.26. The average Bonchev–Trinajstić information content (AvgIpc) is 3.26. The Labute approximate surface area is 219 Å². The van der Waals surface area contributed by atoms with Crippen molar-refractivity contribution in [3.8, 4) is 0 Å². The number of para-hydroxylation sites is 1. The summed E-state index contributed by atoms with van der Waals surface area (Å²) < 4.78 is 2.33. The van der Waals surface area contributed by atoms with E-state index in [1.54, 1.807) is 0 Å². The summed E-state index contributed by atoms with van der Waals surface area (Å²) in [6, 6.07) is 19.0. The van der Waals surface area contributed by atoms with Crippen molar-refractivity contribution in [3.05, 3.63) is 60.3 Å². The van der Waals surface area contributed by atoms with Crippen LogP contribution in [-0.2, 0) is 6.54 Å². The van der Waals surface area contributed by atoms with Gasteiger partial charge in [0.25, 0.3) is 0 Å². The lowest BCUT2D eigenvalue weighted by atomic mass is 9.89. The van der Waals surface area contributed by atoms with Gasteiger partial charge in [-0.15, -0.1) is 0 Å². The molecule has 0 amide bonds. The molecule has 1 atom stereocenters. The first-order chi connectivity index (χ1) is 18.2. The number of imidazole rings is 1. The van der Waals surface area contributed by atoms with Crippen molar-refractivity contribution in [1.82, 2.24) is 14.5 Å². The van der Waals surface area contributed by atoms with Crippen LogP contribution in [0.15, 0.2) is 59.6 Å². The number of rotatable bonds is 7. The van der Waals surface area contributed by atoms with Crippen LogP contribution in [0.25, 0.3) is 0 Å². The molecule has 1 aromatic heterocycles. The molecule has 3 aliphatic rings. The Hall–Kier alpha value is -3.52. The van der Waals surface area contributed by atoms with Gasteiger partial charge in [-0.1, -0.05) is 37.5 Å². The van der Waals surface area contributed by atoms with Crippen LogP contribution in [0.3, 0.4) is 0 Å². The molecular weight excluding hydrogens is 460 g/mol. The fraction of sp³-hybridized carbons (Fsp3) is 0.448. The van der Waals surface area contributed by atoms with E-state index in [-0.39, 0.29) is 6.29 Å². The maximum absolute atomic E-state index is 4.92. The van der Waals surface area contributed by atoms with Gasteiger partial charge in [-0.2, -0.15) is 0 Å². The van der Waals surface area contributed by atoms with E-state index in [1.165, 1.54) is 37.8 Å². The molecule has 37 heavy (non-hydrogen) atoms. The van der Waals surface area contributed by atoms with Crippen LogP contribution in [0.5, 0.6) is 0 Å². The fourth-order valence-corrected chi connectivity index (χ4v) is 5.64. The number of anilines is 5. The van der Waals surface area contributed by atoms with Gasteiger partial charge >= 0.3 is 0 Å². The number of aromatic nitrogens is 2. The minimum absolute atomic E-state index is 0.242. The molecule has 2 aliphatic heterocycles. The highest BCUT2D eigenvalue weighted by Gasteiger charge is 2.25. The second-order valence-electron chi connectivity index (χ2n) is 10.6. The normalized spacial score (nSPS) is 20.4. The summed E-state index contributed by atoms with van der Waals surface area (Å²) in [6.45, 7) is 5.33. The molecule has 0 unspecified atom stereocenters. The molecule has 2 aromatic carbocycles. The Balaban J connectivity index is 1.18. The predicted octanol–water partition coefficient (Wildman–Crippen LogP) is 5.20. The summed E-state index contributed by atoms with van der Waals surface area (Å²) in [6.07, 6.45) is 8.24. The Kier molecular flexibility index (Phi) is 6.99. The Morgan fingerprint density at radius 2 is 1.65 bits per heavy atom. The minimum Gasteiger partial charge on any atom is -0.369 e. The van der Waals surface area contributed by atoms with Crippen molar-refractivity contribution in [3.63, 3.8) is 0 Å². The van der Waals surface area contributed by atoms with Crippen molar-refractivity contribution in [1.29, 1.82) is 0 Å². The molecule has 6 rings (SSSR count). The third-order valence-electron chi connectivity index (χ3n) is 7.85. The van der Waals surface area contributed by atoms with Gasteiger partial charge in [0.2, 0.25) is 5.95 Å². The van der Waals surface area contributed by atoms with E-state index in [0.717, 1.165) is 61.6 Å². The SMILES string of the molecule is CN1CCN(c2ccc(N[C@@H]3N=Cc4nc(Nc5ccccc5)n(CC5CCCCC5)c4N3)cc2)CC1. The summed E-state index contributed by atoms with van der Waals surface area (Å²) in [4.78, 5) is 14.5. The molecule has 0 spiro atoms. The highest BCUT2D eigenvalue weighted by Crippen LogP contribution is 2.32. The molecule has 3 aromatic rings. The number of aliphatic imine (C=N–C) groups is 1. The van der Waals surface area contributed by atoms with E-state index < -0.39 is 0 Å². The van der Waals surface area contributed by atoms with E-state index >= 15 is 0 Å². The molecular formula is C29H38N8. The Morgan fingerprint density at radius 3 is 2.41 bits per heavy atom. The molecule has 1 aliphatic carbocycles. The van der Waals surface area contributed by atoms with Crippen molar-refractivity contribution < 1.29 is 0 Å². The summed E-state index contributed by atoms with van der Waals surface area (Å²) in [5.74, 6) is 2.58. The molecule has 3 heterocycles. The van der Waals surface area contributed by atoms with Gasteiger partial charge in [-0.25, -0.2) is 9.98 Å². The van der Waals surface area contributed by atoms with E-state index in [2.05, 4.69) is 73.8 Å². The second kappa shape index (κ2) is 10.8. The molecule has 1 saturated heterocycles. The number of nitrogens with one attached hydrogen (secondary N) is 3. The van der Waals surface area contributed by atoms with E-state index in [4.69, 9.17) is 9.98 Å². The van der Waals surface area contributed by atoms with Gasteiger partial charge in [0, 0.05) is 49.8 Å². The molecule has 3 N–H and O–H groups in total. The van der Waals surface area contributed by atoms with Crippen molar-refractivity contribution in [2.45, 2.75) is 44.9 Å². The third-order valence-corrected chi connectivity index (χ3v) is 7.85. The quantitative estimate of drug-likeness (QED) is 0.416. The van der Waals surface area contributed by atoms with Crippen molar-refractivity contribution in [2.24, 2.45) is 10.9 Å². The van der Waals surface area contributed by atoms with Crippen LogP contribution in [-0.4, -0.2) is 60.2 Å². The molecule has 0 bridgehead atoms. The topological polar surface area (TPSA) is 72.8 Å². The monoisotopic (exact) mass is 498 g/mol. The third kappa shape index (κ3) is 5.59. The number of nitrogens with zero attached hydrogens (tertiary/aromatic N) is 5. The molecule has 1 saturated carbocycles. The summed E-state index contributed by atoms with van der Waals surface area (Å²) in [5, 5.41) is 10.7. The zero-order chi connectivity index (χ0) is 25.0. The maximum atomic E-state index is 4.92. The maximum Gasteiger partial charge on any atom is 0.209 e. The fourth-order valence-electron chi connectivity index (χ4n) is 5.64. The van der Waals surface area contributed by atoms with Crippen LogP contribution in [0.2, 0.25) is 0 Å². The molecule has 8 nitrogen and oxygen atoms in total. The van der Waals surface area contributed by atoms with Gasteiger partial charge in [0.1, 0.15) is 11.5 Å². The van der Waals surface area contributed by atoms with Crippen molar-refractivity contribution >= 4 is 35.0 Å². The molecule has 194 valence electrons. The highest BCUT2D eigenvalue weighted by molar-refractivity contribution is 5.88. The predicted molar refractivity (Wildman–Crippen MR) is 153 cm³/mol. The first-order valence-corrected chi connectivity index (χ1v) is 13.7. The largest absolute Gasteiger partial charge is 0.369 e. The Bertz CT molecular complexity index is 1190. The van der Waals surface area contributed by atoms with Crippen LogP contribution < -0.4 is 20.9 Å². The van der Waals surface area contributed by atoms with Crippen LogP contribution in [0.4, 0.5) is 28.8 Å². The first-order valence-electron chi connectivity index (χ1n) is 13.7. The standard InChI is InChI=1S/C29H38N8/c1-35-16-18-36(19-17-35)25-14-12-24(13-15-25)31-28-30-20-26-27(34-28)37(21-22-8-4-2-5-9-22)29(33-26)32-23-10-6-3-7-11-23/h3,6-7,10-15,20,22,28,31,34H,2,4-5,8-9,16-19,21H2,1H3,(H,32,33)/t28-/m0/s1. The second-order valence-corrected chi connectivity index (χ2v) is 10.6. The summed E-state index contributed by atoms with van der Waals surface area (Å²) in [7, 11) is 2.19. The number of likely N-dealkylation sites (N-methyl/N-ethyl adjacent to an activating group) is 1. The van der Waals surface area contributed by atoms with Crippen LogP contribution in [0.1, 0.15) is 37.8 Å². The molecule has 8 heteroatoms. The van der Waals surface area contributed by atoms with Gasteiger partial charge in [-0.05, 0) is 62.2 Å². The van der Waals surface area contributed by atoms with E-state index in [0.29, 0.717) is 5.92 Å². The molecule has 2 fully saturated rings. The zero-order valence-electron chi connectivity index (χ0n) is 21.7. The number of piperazine rings is 1. The lowest BCUT2D eigenvalue weighted by Gasteiger charge is -2.34. The highest BCUT2D eigenvalue weighted by atomic mass is 15.4. The minimum atomic E-state index is -0.242. The van der Waals surface area contributed by atoms with Gasteiger partial charge in [0.15, 0.2) is 6.29 Å². The first kappa shape index (κ1) is 23.9. The lowest BCUT2D eigenvalue weighted by Crippen LogP contribution is -2.44. The van der Waals surface area contributed by atoms with E-state index in [1.807, 2.05) is 24.4 Å².